The van der Waals surface area contributed by atoms with Gasteiger partial charge in [0, 0.05) is 37.5 Å². The summed E-state index contributed by atoms with van der Waals surface area (Å²) in [5.41, 5.74) is 2.98. The molecule has 0 radical (unpaired) electrons. The highest BCUT2D eigenvalue weighted by molar-refractivity contribution is 6.05. The highest BCUT2D eigenvalue weighted by Crippen LogP contribution is 2.28. The molecule has 2 aromatic rings. The Morgan fingerprint density at radius 2 is 1.74 bits per heavy atom. The number of rotatable bonds is 8. The molecule has 2 fully saturated rings. The predicted octanol–water partition coefficient (Wildman–Crippen LogP) is 2.15. The number of hydrogen-bond acceptors (Lipinski definition) is 5. The third-order valence-corrected chi connectivity index (χ3v) is 7.78. The molecule has 5 amide bonds. The van der Waals surface area contributed by atoms with Gasteiger partial charge in [0.15, 0.2) is 0 Å². The van der Waals surface area contributed by atoms with Crippen molar-refractivity contribution in [3.05, 3.63) is 70.8 Å². The van der Waals surface area contributed by atoms with Gasteiger partial charge in [0.1, 0.15) is 6.04 Å². The Morgan fingerprint density at radius 1 is 0.974 bits per heavy atom. The maximum absolute atomic E-state index is 13.3. The van der Waals surface area contributed by atoms with Crippen molar-refractivity contribution in [2.24, 2.45) is 5.92 Å². The van der Waals surface area contributed by atoms with Crippen molar-refractivity contribution in [2.75, 3.05) is 6.54 Å². The largest absolute Gasteiger partial charge is 0.355 e. The van der Waals surface area contributed by atoms with E-state index in [4.69, 9.17) is 0 Å². The van der Waals surface area contributed by atoms with Crippen LogP contribution in [0.2, 0.25) is 0 Å². The lowest BCUT2D eigenvalue weighted by Crippen LogP contribution is -2.52. The highest BCUT2D eigenvalue weighted by atomic mass is 16.2. The van der Waals surface area contributed by atoms with Crippen molar-refractivity contribution in [2.45, 2.75) is 63.6 Å². The van der Waals surface area contributed by atoms with Crippen LogP contribution in [0.3, 0.4) is 0 Å². The van der Waals surface area contributed by atoms with Crippen LogP contribution < -0.4 is 16.0 Å². The molecule has 0 spiro atoms. The lowest BCUT2D eigenvalue weighted by atomic mass is 9.97. The van der Waals surface area contributed by atoms with Crippen LogP contribution >= 0.6 is 0 Å². The summed E-state index contributed by atoms with van der Waals surface area (Å²) in [6, 6.07) is 14.1. The number of imide groups is 1. The van der Waals surface area contributed by atoms with Crippen LogP contribution in [-0.4, -0.2) is 47.0 Å². The second kappa shape index (κ2) is 11.2. The van der Waals surface area contributed by atoms with Crippen LogP contribution in [0, 0.1) is 5.92 Å². The van der Waals surface area contributed by atoms with E-state index in [1.165, 1.54) is 4.90 Å². The molecule has 1 saturated heterocycles. The van der Waals surface area contributed by atoms with Crippen LogP contribution in [0.1, 0.15) is 71.5 Å². The maximum Gasteiger partial charge on any atom is 0.255 e. The minimum Gasteiger partial charge on any atom is -0.355 e. The third kappa shape index (κ3) is 5.46. The van der Waals surface area contributed by atoms with E-state index in [0.717, 1.165) is 42.4 Å². The number of fused-ring (bicyclic) bond motifs is 1. The molecule has 0 bridgehead atoms. The molecule has 0 aromatic heterocycles. The third-order valence-electron chi connectivity index (χ3n) is 7.78. The lowest BCUT2D eigenvalue weighted by Gasteiger charge is -2.29. The van der Waals surface area contributed by atoms with Gasteiger partial charge in [-0.2, -0.15) is 0 Å². The molecule has 2 unspecified atom stereocenters. The Bertz CT molecular complexity index is 1250. The van der Waals surface area contributed by atoms with E-state index in [1.54, 1.807) is 12.1 Å². The molecule has 5 rings (SSSR count). The summed E-state index contributed by atoms with van der Waals surface area (Å²) in [6.45, 7) is 0.769. The number of nitrogens with one attached hydrogen (secondary N) is 3. The van der Waals surface area contributed by atoms with Crippen molar-refractivity contribution >= 4 is 29.5 Å². The van der Waals surface area contributed by atoms with Gasteiger partial charge in [-0.05, 0) is 42.0 Å². The van der Waals surface area contributed by atoms with E-state index in [9.17, 15) is 24.0 Å². The van der Waals surface area contributed by atoms with Gasteiger partial charge in [-0.25, -0.2) is 0 Å². The lowest BCUT2D eigenvalue weighted by molar-refractivity contribution is -0.137. The molecular formula is C29H32N4O5. The average molecular weight is 517 g/mol. The minimum absolute atomic E-state index is 0.0140. The SMILES string of the molecule is O=C1CCC(N2Cc3cc(CNC(=O)C(CNC(=O)C4CCCC4)c4ccccc4)ccc3C2=O)C(=O)N1. The topological polar surface area (TPSA) is 125 Å². The zero-order chi connectivity index (χ0) is 26.6. The molecule has 9 nitrogen and oxygen atoms in total. The summed E-state index contributed by atoms with van der Waals surface area (Å²) in [6.07, 6.45) is 4.45. The van der Waals surface area contributed by atoms with Gasteiger partial charge in [-0.1, -0.05) is 55.3 Å². The van der Waals surface area contributed by atoms with Crippen LogP contribution in [0.4, 0.5) is 0 Å². The highest BCUT2D eigenvalue weighted by Gasteiger charge is 2.39. The monoisotopic (exact) mass is 516 g/mol. The van der Waals surface area contributed by atoms with Gasteiger partial charge in [-0.15, -0.1) is 0 Å². The molecule has 198 valence electrons. The summed E-state index contributed by atoms with van der Waals surface area (Å²) in [5.74, 6) is -1.66. The fourth-order valence-corrected chi connectivity index (χ4v) is 5.63. The van der Waals surface area contributed by atoms with Gasteiger partial charge in [-0.3, -0.25) is 29.3 Å². The fraction of sp³-hybridized carbons (Fsp3) is 0.414. The van der Waals surface area contributed by atoms with E-state index in [1.807, 2.05) is 36.4 Å². The molecule has 2 atom stereocenters. The van der Waals surface area contributed by atoms with Gasteiger partial charge >= 0.3 is 0 Å². The normalized spacial score (nSPS) is 20.2. The number of nitrogens with zero attached hydrogens (tertiary/aromatic N) is 1. The van der Waals surface area contributed by atoms with E-state index in [0.29, 0.717) is 12.0 Å². The number of carbonyl (C=O) groups is 5. The Kier molecular flexibility index (Phi) is 7.53. The fourth-order valence-electron chi connectivity index (χ4n) is 5.63. The molecule has 1 aliphatic carbocycles. The quantitative estimate of drug-likeness (QED) is 0.464. The van der Waals surface area contributed by atoms with E-state index in [-0.39, 0.29) is 55.6 Å². The Morgan fingerprint density at radius 3 is 2.47 bits per heavy atom. The van der Waals surface area contributed by atoms with Crippen molar-refractivity contribution in [1.29, 1.82) is 0 Å². The Hall–Kier alpha value is -4.01. The van der Waals surface area contributed by atoms with Crippen molar-refractivity contribution in [1.82, 2.24) is 20.9 Å². The number of amides is 5. The summed E-state index contributed by atoms with van der Waals surface area (Å²) in [5, 5.41) is 8.29. The standard InChI is InChI=1S/C29H32N4O5/c34-25-13-12-24(28(37)32-25)33-17-21-14-18(10-11-22(21)29(33)38)15-30-27(36)23(19-6-2-1-3-7-19)16-31-26(35)20-8-4-5-9-20/h1-3,6-7,10-11,14,20,23-24H,4-5,8-9,12-13,15-17H2,(H,30,36)(H,31,35)(H,32,34,37). The summed E-state index contributed by atoms with van der Waals surface area (Å²) >= 11 is 0. The number of hydrogen-bond donors (Lipinski definition) is 3. The van der Waals surface area contributed by atoms with Crippen molar-refractivity contribution in [3.63, 3.8) is 0 Å². The first-order valence-electron chi connectivity index (χ1n) is 13.3. The molecule has 1 saturated carbocycles. The molecule has 2 heterocycles. The Labute approximate surface area is 221 Å². The van der Waals surface area contributed by atoms with Crippen LogP contribution in [-0.2, 0) is 32.3 Å². The van der Waals surface area contributed by atoms with Gasteiger partial charge < -0.3 is 15.5 Å². The molecule has 2 aromatic carbocycles. The Balaban J connectivity index is 1.23. The smallest absolute Gasteiger partial charge is 0.255 e. The number of piperidine rings is 1. The summed E-state index contributed by atoms with van der Waals surface area (Å²) < 4.78 is 0. The second-order valence-corrected chi connectivity index (χ2v) is 10.3. The van der Waals surface area contributed by atoms with Crippen LogP contribution in [0.15, 0.2) is 48.5 Å². The van der Waals surface area contributed by atoms with Gasteiger partial charge in [0.2, 0.25) is 23.6 Å². The summed E-state index contributed by atoms with van der Waals surface area (Å²) in [4.78, 5) is 64.0. The first-order valence-corrected chi connectivity index (χ1v) is 13.3. The molecule has 9 heteroatoms. The number of carbonyl (C=O) groups excluding carboxylic acids is 5. The molecular weight excluding hydrogens is 484 g/mol. The van der Waals surface area contributed by atoms with Crippen LogP contribution in [0.5, 0.6) is 0 Å². The average Bonchev–Trinajstić information content (AvgIpc) is 3.57. The predicted molar refractivity (Wildman–Crippen MR) is 138 cm³/mol. The first-order chi connectivity index (χ1) is 18.4. The summed E-state index contributed by atoms with van der Waals surface area (Å²) in [7, 11) is 0. The minimum atomic E-state index is -0.665. The van der Waals surface area contributed by atoms with Gasteiger partial charge in [0.25, 0.3) is 5.91 Å². The van der Waals surface area contributed by atoms with E-state index < -0.39 is 17.9 Å². The van der Waals surface area contributed by atoms with Crippen LogP contribution in [0.25, 0.3) is 0 Å². The molecule has 3 aliphatic rings. The second-order valence-electron chi connectivity index (χ2n) is 10.3. The van der Waals surface area contributed by atoms with Crippen molar-refractivity contribution in [3.8, 4) is 0 Å². The first kappa shape index (κ1) is 25.6. The molecule has 38 heavy (non-hydrogen) atoms. The van der Waals surface area contributed by atoms with Gasteiger partial charge in [0.05, 0.1) is 5.92 Å². The molecule has 3 N–H and O–H groups in total. The zero-order valence-corrected chi connectivity index (χ0v) is 21.2. The number of benzene rings is 2. The van der Waals surface area contributed by atoms with Crippen molar-refractivity contribution < 1.29 is 24.0 Å². The molecule has 2 aliphatic heterocycles. The van der Waals surface area contributed by atoms with E-state index >= 15 is 0 Å². The van der Waals surface area contributed by atoms with E-state index in [2.05, 4.69) is 16.0 Å². The zero-order valence-electron chi connectivity index (χ0n) is 21.2. The maximum atomic E-state index is 13.3.